The summed E-state index contributed by atoms with van der Waals surface area (Å²) in [4.78, 5) is 3.96. The van der Waals surface area contributed by atoms with Gasteiger partial charge in [0.25, 0.3) is 0 Å². The van der Waals surface area contributed by atoms with Gasteiger partial charge in [-0.3, -0.25) is 4.57 Å². The number of hydrogen-bond acceptors (Lipinski definition) is 6. The summed E-state index contributed by atoms with van der Waals surface area (Å²) in [6, 6.07) is 1.58. The van der Waals surface area contributed by atoms with E-state index < -0.39 is 7.60 Å². The number of halogens is 1. The molecule has 0 spiro atoms. The summed E-state index contributed by atoms with van der Waals surface area (Å²) < 4.78 is 26.9. The number of pyridine rings is 1. The molecule has 19 heavy (non-hydrogen) atoms. The van der Waals surface area contributed by atoms with Gasteiger partial charge in [0.2, 0.25) is 5.88 Å². The van der Waals surface area contributed by atoms with Crippen LogP contribution in [-0.4, -0.2) is 50.3 Å². The normalized spacial score (nSPS) is 11.9. The summed E-state index contributed by atoms with van der Waals surface area (Å²) in [7, 11) is 0.410. The van der Waals surface area contributed by atoms with Gasteiger partial charge in [-0.2, -0.15) is 0 Å². The van der Waals surface area contributed by atoms with Crippen LogP contribution in [0.1, 0.15) is 5.56 Å². The van der Waals surface area contributed by atoms with Gasteiger partial charge in [0, 0.05) is 24.9 Å². The van der Waals surface area contributed by atoms with E-state index in [4.69, 9.17) is 13.8 Å². The first-order valence-electron chi connectivity index (χ1n) is 4.78. The molecule has 1 aromatic rings. The Balaban J connectivity index is 0.00000324. The second kappa shape index (κ2) is 8.10. The average molecular weight is 346 g/mol. The molecule has 0 radical (unpaired) electrons. The van der Waals surface area contributed by atoms with Crippen LogP contribution < -0.4 is 4.74 Å². The first-order valence-corrected chi connectivity index (χ1v) is 7.19. The SMILES string of the molecule is COc1ncc(Br)cc1/C(O)=C/P(=O)(OC)OC.[LiH]. The third-order valence-electron chi connectivity index (χ3n) is 2.08. The molecule has 0 aliphatic rings. The topological polar surface area (TPSA) is 77.9 Å². The summed E-state index contributed by atoms with van der Waals surface area (Å²) >= 11 is 3.22. The van der Waals surface area contributed by atoms with Crippen molar-refractivity contribution >= 4 is 48.1 Å². The van der Waals surface area contributed by atoms with Gasteiger partial charge in [-0.05, 0) is 22.0 Å². The van der Waals surface area contributed by atoms with Gasteiger partial charge in [-0.25, -0.2) is 4.98 Å². The van der Waals surface area contributed by atoms with E-state index in [1.54, 1.807) is 6.07 Å². The molecule has 1 aromatic heterocycles. The molecule has 0 saturated heterocycles. The van der Waals surface area contributed by atoms with Crippen LogP contribution in [-0.2, 0) is 13.6 Å². The molecule has 0 aromatic carbocycles. The summed E-state index contributed by atoms with van der Waals surface area (Å²) in [5.74, 6) is 0.900. The summed E-state index contributed by atoms with van der Waals surface area (Å²) in [6.45, 7) is 0. The number of rotatable bonds is 5. The van der Waals surface area contributed by atoms with E-state index in [9.17, 15) is 9.67 Å². The molecule has 0 amide bonds. The molecule has 0 atom stereocenters. The molecule has 0 fully saturated rings. The van der Waals surface area contributed by atoms with E-state index in [0.717, 1.165) is 5.82 Å². The molecule has 0 bridgehead atoms. The number of aliphatic hydroxyl groups is 1. The van der Waals surface area contributed by atoms with Gasteiger partial charge in [0.05, 0.1) is 18.5 Å². The molecule has 9 heteroatoms. The van der Waals surface area contributed by atoms with Crippen molar-refractivity contribution in [3.63, 3.8) is 0 Å². The monoisotopic (exact) mass is 345 g/mol. The number of hydrogen-bond donors (Lipinski definition) is 1. The molecule has 6 nitrogen and oxygen atoms in total. The average Bonchev–Trinajstić information content (AvgIpc) is 2.38. The fourth-order valence-electron chi connectivity index (χ4n) is 1.17. The number of nitrogens with zero attached hydrogens (tertiary/aromatic N) is 1. The number of methoxy groups -OCH3 is 1. The zero-order valence-electron chi connectivity index (χ0n) is 10.1. The van der Waals surface area contributed by atoms with Crippen LogP contribution in [0.5, 0.6) is 5.88 Å². The van der Waals surface area contributed by atoms with Gasteiger partial charge < -0.3 is 18.9 Å². The fraction of sp³-hybridized carbons (Fsp3) is 0.300. The number of aromatic nitrogens is 1. The maximum atomic E-state index is 11.9. The molecule has 0 saturated carbocycles. The quantitative estimate of drug-likeness (QED) is 0.502. The molecule has 102 valence electrons. The third kappa shape index (κ3) is 4.96. The van der Waals surface area contributed by atoms with Crippen molar-refractivity contribution < 1.29 is 23.5 Å². The second-order valence-corrected chi connectivity index (χ2v) is 6.11. The standard InChI is InChI=1S/C10H13BrNO5P.Li.H/c1-15-10-8(4-7(11)5-12-10)9(13)6-18(14,16-2)17-3;;/h4-6,13H,1-3H3;;/b9-6-;;. The fourth-order valence-corrected chi connectivity index (χ4v) is 2.30. The van der Waals surface area contributed by atoms with Gasteiger partial charge in [-0.1, -0.05) is 0 Å². The Hall–Kier alpha value is -0.283. The Bertz CT molecular complexity index is 503. The van der Waals surface area contributed by atoms with Crippen molar-refractivity contribution in [3.8, 4) is 5.88 Å². The van der Waals surface area contributed by atoms with E-state index in [0.29, 0.717) is 4.47 Å². The summed E-state index contributed by atoms with van der Waals surface area (Å²) in [5.41, 5.74) is 0.279. The van der Waals surface area contributed by atoms with E-state index in [1.807, 2.05) is 0 Å². The molecule has 0 unspecified atom stereocenters. The van der Waals surface area contributed by atoms with Gasteiger partial charge in [0.1, 0.15) is 5.76 Å². The first-order chi connectivity index (χ1) is 8.45. The van der Waals surface area contributed by atoms with Crippen LogP contribution in [0.15, 0.2) is 22.6 Å². The van der Waals surface area contributed by atoms with Crippen LogP contribution in [0.25, 0.3) is 5.76 Å². The van der Waals surface area contributed by atoms with Gasteiger partial charge >= 0.3 is 26.5 Å². The van der Waals surface area contributed by atoms with Crippen LogP contribution in [0.3, 0.4) is 0 Å². The van der Waals surface area contributed by atoms with Crippen LogP contribution >= 0.6 is 23.5 Å². The predicted octanol–water partition coefficient (Wildman–Crippen LogP) is 2.55. The van der Waals surface area contributed by atoms with Crippen LogP contribution in [0, 0.1) is 0 Å². The Morgan fingerprint density at radius 2 is 2.00 bits per heavy atom. The second-order valence-electron chi connectivity index (χ2n) is 3.13. The van der Waals surface area contributed by atoms with Crippen molar-refractivity contribution in [1.82, 2.24) is 4.98 Å². The molecule has 1 heterocycles. The Morgan fingerprint density at radius 3 is 2.47 bits per heavy atom. The first kappa shape index (κ1) is 18.7. The third-order valence-corrected chi connectivity index (χ3v) is 4.09. The van der Waals surface area contributed by atoms with Crippen LogP contribution in [0.2, 0.25) is 0 Å². The zero-order chi connectivity index (χ0) is 13.8. The van der Waals surface area contributed by atoms with Gasteiger partial charge in [0.15, 0.2) is 0 Å². The van der Waals surface area contributed by atoms with Crippen molar-refractivity contribution in [1.29, 1.82) is 0 Å². The minimum absolute atomic E-state index is 0. The van der Waals surface area contributed by atoms with E-state index >= 15 is 0 Å². The number of aliphatic hydroxyl groups excluding tert-OH is 1. The van der Waals surface area contributed by atoms with E-state index in [1.165, 1.54) is 27.5 Å². The Morgan fingerprint density at radius 1 is 1.42 bits per heavy atom. The van der Waals surface area contributed by atoms with Crippen molar-refractivity contribution in [2.45, 2.75) is 0 Å². The van der Waals surface area contributed by atoms with Crippen molar-refractivity contribution in [2.24, 2.45) is 0 Å². The maximum absolute atomic E-state index is 11.9. The molecule has 1 rings (SSSR count). The number of ether oxygens (including phenoxy) is 1. The Kier molecular flexibility index (Phi) is 7.98. The molecule has 0 aliphatic carbocycles. The molecular formula is C10H14BrLiNO5P. The minimum atomic E-state index is -3.46. The van der Waals surface area contributed by atoms with Crippen LogP contribution in [0.4, 0.5) is 0 Å². The Labute approximate surface area is 132 Å². The summed E-state index contributed by atoms with van der Waals surface area (Å²) in [5, 5.41) is 9.94. The van der Waals surface area contributed by atoms with Crippen molar-refractivity contribution in [2.75, 3.05) is 21.3 Å². The molecule has 1 N–H and O–H groups in total. The van der Waals surface area contributed by atoms with Crippen molar-refractivity contribution in [3.05, 3.63) is 28.1 Å². The van der Waals surface area contributed by atoms with E-state index in [2.05, 4.69) is 20.9 Å². The zero-order valence-corrected chi connectivity index (χ0v) is 12.6. The van der Waals surface area contributed by atoms with Gasteiger partial charge in [-0.15, -0.1) is 0 Å². The predicted molar refractivity (Wildman–Crippen MR) is 77.9 cm³/mol. The molecule has 0 aliphatic heterocycles. The molecular weight excluding hydrogens is 332 g/mol. The summed E-state index contributed by atoms with van der Waals surface area (Å²) in [6.07, 6.45) is 1.52. The van der Waals surface area contributed by atoms with E-state index in [-0.39, 0.29) is 36.1 Å².